The average molecular weight is 235 g/mol. The molecule has 2 N–H and O–H groups in total. The van der Waals surface area contributed by atoms with Crippen molar-refractivity contribution in [3.8, 4) is 5.75 Å². The molecule has 1 unspecified atom stereocenters. The highest BCUT2D eigenvalue weighted by Gasteiger charge is 2.21. The number of hydrogen-bond donors (Lipinski definition) is 1. The third-order valence-corrected chi connectivity index (χ3v) is 3.39. The van der Waals surface area contributed by atoms with Crippen LogP contribution in [0.1, 0.15) is 37.5 Å². The van der Waals surface area contributed by atoms with E-state index in [4.69, 9.17) is 10.5 Å². The van der Waals surface area contributed by atoms with Crippen molar-refractivity contribution in [3.05, 3.63) is 28.8 Å². The van der Waals surface area contributed by atoms with Crippen molar-refractivity contribution in [2.75, 3.05) is 6.61 Å². The third kappa shape index (κ3) is 3.47. The molecule has 0 heterocycles. The number of hydrogen-bond acceptors (Lipinski definition) is 2. The largest absolute Gasteiger partial charge is 0.491 e. The molecule has 0 aliphatic rings. The Balaban J connectivity index is 2.80. The van der Waals surface area contributed by atoms with Crippen LogP contribution in [-0.2, 0) is 0 Å². The van der Waals surface area contributed by atoms with E-state index < -0.39 is 0 Å². The van der Waals surface area contributed by atoms with Crippen LogP contribution in [0.3, 0.4) is 0 Å². The molecule has 0 saturated carbocycles. The van der Waals surface area contributed by atoms with Crippen LogP contribution in [-0.4, -0.2) is 12.6 Å². The van der Waals surface area contributed by atoms with Gasteiger partial charge in [0.1, 0.15) is 12.4 Å². The van der Waals surface area contributed by atoms with Crippen molar-refractivity contribution in [1.82, 2.24) is 0 Å². The first kappa shape index (κ1) is 14.0. The van der Waals surface area contributed by atoms with Crippen LogP contribution in [0.15, 0.2) is 12.1 Å². The van der Waals surface area contributed by atoms with Crippen LogP contribution in [0.25, 0.3) is 0 Å². The van der Waals surface area contributed by atoms with Crippen LogP contribution in [0.4, 0.5) is 0 Å². The molecule has 0 radical (unpaired) electrons. The van der Waals surface area contributed by atoms with Gasteiger partial charge < -0.3 is 10.5 Å². The summed E-state index contributed by atoms with van der Waals surface area (Å²) in [5, 5.41) is 0. The number of aryl methyl sites for hydroxylation is 2. The maximum Gasteiger partial charge on any atom is 0.125 e. The van der Waals surface area contributed by atoms with Gasteiger partial charge in [0.15, 0.2) is 0 Å². The predicted octanol–water partition coefficient (Wildman–Crippen LogP) is 3.36. The molecule has 0 aromatic heterocycles. The van der Waals surface area contributed by atoms with E-state index in [0.29, 0.717) is 6.61 Å². The first-order valence-corrected chi connectivity index (χ1v) is 6.18. The molecule has 0 bridgehead atoms. The maximum absolute atomic E-state index is 6.11. The Morgan fingerprint density at radius 2 is 1.65 bits per heavy atom. The van der Waals surface area contributed by atoms with Crippen LogP contribution in [0, 0.1) is 26.2 Å². The molecule has 1 rings (SSSR count). The summed E-state index contributed by atoms with van der Waals surface area (Å²) in [6.07, 6.45) is 0. The molecule has 2 heteroatoms. The Hall–Kier alpha value is -1.02. The summed E-state index contributed by atoms with van der Waals surface area (Å²) in [6, 6.07) is 4.27. The second kappa shape index (κ2) is 5.09. The van der Waals surface area contributed by atoms with Gasteiger partial charge in [-0.15, -0.1) is 0 Å². The van der Waals surface area contributed by atoms with Gasteiger partial charge in [-0.3, -0.25) is 0 Å². The van der Waals surface area contributed by atoms with E-state index >= 15 is 0 Å². The standard InChI is InChI=1S/C15H25NO/c1-10-7-8-11(2)14(12(10)3)17-9-13(16)15(4,5)6/h7-8,13H,9,16H2,1-6H3. The van der Waals surface area contributed by atoms with Crippen molar-refractivity contribution in [1.29, 1.82) is 0 Å². The molecule has 0 amide bonds. The van der Waals surface area contributed by atoms with Gasteiger partial charge in [0.2, 0.25) is 0 Å². The van der Waals surface area contributed by atoms with E-state index in [1.165, 1.54) is 16.7 Å². The van der Waals surface area contributed by atoms with Crippen LogP contribution in [0.5, 0.6) is 5.75 Å². The number of nitrogens with two attached hydrogens (primary N) is 1. The van der Waals surface area contributed by atoms with Gasteiger partial charge in [0.25, 0.3) is 0 Å². The Morgan fingerprint density at radius 3 is 2.18 bits per heavy atom. The molecular formula is C15H25NO. The molecule has 0 saturated heterocycles. The molecular weight excluding hydrogens is 210 g/mol. The molecule has 96 valence electrons. The summed E-state index contributed by atoms with van der Waals surface area (Å²) in [6.45, 7) is 13.2. The Kier molecular flexibility index (Phi) is 4.21. The molecule has 17 heavy (non-hydrogen) atoms. The van der Waals surface area contributed by atoms with Crippen LogP contribution in [0.2, 0.25) is 0 Å². The smallest absolute Gasteiger partial charge is 0.125 e. The van der Waals surface area contributed by atoms with Crippen LogP contribution >= 0.6 is 0 Å². The zero-order valence-corrected chi connectivity index (χ0v) is 11.9. The topological polar surface area (TPSA) is 35.2 Å². The summed E-state index contributed by atoms with van der Waals surface area (Å²) in [4.78, 5) is 0. The van der Waals surface area contributed by atoms with Gasteiger partial charge in [0, 0.05) is 6.04 Å². The second-order valence-electron chi connectivity index (χ2n) is 5.94. The summed E-state index contributed by atoms with van der Waals surface area (Å²) in [5.41, 5.74) is 9.84. The Morgan fingerprint density at radius 1 is 1.12 bits per heavy atom. The monoisotopic (exact) mass is 235 g/mol. The van der Waals surface area contributed by atoms with Gasteiger partial charge >= 0.3 is 0 Å². The van der Waals surface area contributed by atoms with Gasteiger partial charge in [-0.1, -0.05) is 32.9 Å². The summed E-state index contributed by atoms with van der Waals surface area (Å²) >= 11 is 0. The van der Waals surface area contributed by atoms with Gasteiger partial charge in [-0.2, -0.15) is 0 Å². The fourth-order valence-electron chi connectivity index (χ4n) is 1.57. The Bertz CT molecular complexity index is 391. The SMILES string of the molecule is Cc1ccc(C)c(OCC(N)C(C)(C)C)c1C. The lowest BCUT2D eigenvalue weighted by atomic mass is 9.88. The average Bonchev–Trinajstić information content (AvgIpc) is 2.22. The number of benzene rings is 1. The molecule has 0 aliphatic carbocycles. The maximum atomic E-state index is 6.11. The van der Waals surface area contributed by atoms with Crippen LogP contribution < -0.4 is 10.5 Å². The van der Waals surface area contributed by atoms with Crippen molar-refractivity contribution in [3.63, 3.8) is 0 Å². The second-order valence-corrected chi connectivity index (χ2v) is 5.94. The molecule has 0 fully saturated rings. The molecule has 1 aromatic rings. The quantitative estimate of drug-likeness (QED) is 0.872. The highest BCUT2D eigenvalue weighted by molar-refractivity contribution is 5.44. The molecule has 0 spiro atoms. The van der Waals surface area contributed by atoms with E-state index in [1.807, 2.05) is 0 Å². The highest BCUT2D eigenvalue weighted by atomic mass is 16.5. The molecule has 0 aliphatic heterocycles. The van der Waals surface area contributed by atoms with E-state index in [2.05, 4.69) is 53.7 Å². The normalized spacial score (nSPS) is 13.6. The summed E-state index contributed by atoms with van der Waals surface area (Å²) in [7, 11) is 0. The minimum atomic E-state index is 0.0433. The van der Waals surface area contributed by atoms with E-state index in [1.54, 1.807) is 0 Å². The lowest BCUT2D eigenvalue weighted by molar-refractivity contribution is 0.204. The Labute approximate surface area is 105 Å². The molecule has 1 aromatic carbocycles. The first-order valence-electron chi connectivity index (χ1n) is 6.18. The van der Waals surface area contributed by atoms with Crippen molar-refractivity contribution in [2.45, 2.75) is 47.6 Å². The zero-order valence-electron chi connectivity index (χ0n) is 11.9. The van der Waals surface area contributed by atoms with Gasteiger partial charge in [-0.05, 0) is 42.9 Å². The third-order valence-electron chi connectivity index (χ3n) is 3.39. The minimum absolute atomic E-state index is 0.0433. The van der Waals surface area contributed by atoms with E-state index in [-0.39, 0.29) is 11.5 Å². The van der Waals surface area contributed by atoms with E-state index in [9.17, 15) is 0 Å². The zero-order chi connectivity index (χ0) is 13.2. The predicted molar refractivity (Wildman–Crippen MR) is 73.6 cm³/mol. The number of ether oxygens (including phenoxy) is 1. The van der Waals surface area contributed by atoms with Gasteiger partial charge in [0.05, 0.1) is 0 Å². The van der Waals surface area contributed by atoms with Crippen molar-refractivity contribution >= 4 is 0 Å². The van der Waals surface area contributed by atoms with Gasteiger partial charge in [-0.25, -0.2) is 0 Å². The van der Waals surface area contributed by atoms with Crippen molar-refractivity contribution in [2.24, 2.45) is 11.1 Å². The molecule has 2 nitrogen and oxygen atoms in total. The summed E-state index contributed by atoms with van der Waals surface area (Å²) in [5.74, 6) is 0.990. The molecule has 1 atom stereocenters. The fourth-order valence-corrected chi connectivity index (χ4v) is 1.57. The lowest BCUT2D eigenvalue weighted by Crippen LogP contribution is -2.40. The highest BCUT2D eigenvalue weighted by Crippen LogP contribution is 2.27. The van der Waals surface area contributed by atoms with E-state index in [0.717, 1.165) is 5.75 Å². The lowest BCUT2D eigenvalue weighted by Gasteiger charge is -2.27. The first-order chi connectivity index (χ1) is 7.73. The number of rotatable bonds is 3. The minimum Gasteiger partial charge on any atom is -0.491 e. The fraction of sp³-hybridized carbons (Fsp3) is 0.600. The summed E-state index contributed by atoms with van der Waals surface area (Å²) < 4.78 is 5.91. The van der Waals surface area contributed by atoms with Crippen molar-refractivity contribution < 1.29 is 4.74 Å².